The summed E-state index contributed by atoms with van der Waals surface area (Å²) < 4.78 is 0. The maximum atomic E-state index is 6.13. The van der Waals surface area contributed by atoms with Crippen LogP contribution in [0.5, 0.6) is 0 Å². The van der Waals surface area contributed by atoms with E-state index in [1.807, 2.05) is 0 Å². The van der Waals surface area contributed by atoms with Crippen LogP contribution in [0.2, 0.25) is 5.02 Å². The molecule has 17 heavy (non-hydrogen) atoms. The van der Waals surface area contributed by atoms with Gasteiger partial charge in [0.2, 0.25) is 0 Å². The number of nitrogens with zero attached hydrogens (tertiary/aromatic N) is 3. The molecular formula is C12H19ClN4. The Morgan fingerprint density at radius 2 is 2.00 bits per heavy atom. The lowest BCUT2D eigenvalue weighted by Gasteiger charge is -2.34. The molecule has 1 aliphatic heterocycles. The van der Waals surface area contributed by atoms with Gasteiger partial charge in [0, 0.05) is 13.1 Å². The lowest BCUT2D eigenvalue weighted by atomic mass is 9.87. The SMILES string of the molecule is CC(C)C1CCN(c2ncnc(N)c2Cl)CC1. The summed E-state index contributed by atoms with van der Waals surface area (Å²) in [5.41, 5.74) is 5.69. The largest absolute Gasteiger partial charge is 0.382 e. The maximum absolute atomic E-state index is 6.13. The van der Waals surface area contributed by atoms with Crippen molar-refractivity contribution >= 4 is 23.2 Å². The molecule has 0 unspecified atom stereocenters. The smallest absolute Gasteiger partial charge is 0.153 e. The molecule has 0 radical (unpaired) electrons. The van der Waals surface area contributed by atoms with Crippen LogP contribution < -0.4 is 10.6 Å². The Hall–Kier alpha value is -1.03. The maximum Gasteiger partial charge on any atom is 0.153 e. The fourth-order valence-corrected chi connectivity index (χ4v) is 2.59. The molecule has 4 nitrogen and oxygen atoms in total. The summed E-state index contributed by atoms with van der Waals surface area (Å²) in [6.07, 6.45) is 3.86. The highest BCUT2D eigenvalue weighted by atomic mass is 35.5. The summed E-state index contributed by atoms with van der Waals surface area (Å²) in [5.74, 6) is 2.70. The zero-order valence-corrected chi connectivity index (χ0v) is 11.1. The third-order valence-corrected chi connectivity index (χ3v) is 3.94. The molecule has 1 aromatic rings. The molecule has 0 amide bonds. The van der Waals surface area contributed by atoms with Crippen molar-refractivity contribution in [2.75, 3.05) is 23.7 Å². The van der Waals surface area contributed by atoms with Gasteiger partial charge in [0.15, 0.2) is 5.82 Å². The number of halogens is 1. The van der Waals surface area contributed by atoms with Crippen molar-refractivity contribution in [1.82, 2.24) is 9.97 Å². The second-order valence-corrected chi connectivity index (χ2v) is 5.34. The molecular weight excluding hydrogens is 236 g/mol. The van der Waals surface area contributed by atoms with Crippen molar-refractivity contribution in [2.24, 2.45) is 11.8 Å². The van der Waals surface area contributed by atoms with Crippen molar-refractivity contribution in [3.05, 3.63) is 11.3 Å². The van der Waals surface area contributed by atoms with Crippen LogP contribution in [0.1, 0.15) is 26.7 Å². The van der Waals surface area contributed by atoms with E-state index in [9.17, 15) is 0 Å². The molecule has 0 saturated carbocycles. The third-order valence-electron chi connectivity index (χ3n) is 3.58. The van der Waals surface area contributed by atoms with E-state index in [-0.39, 0.29) is 0 Å². The molecule has 0 atom stereocenters. The Balaban J connectivity index is 2.08. The van der Waals surface area contributed by atoms with Gasteiger partial charge in [-0.3, -0.25) is 0 Å². The first kappa shape index (κ1) is 12.4. The Labute approximate surface area is 107 Å². The summed E-state index contributed by atoms with van der Waals surface area (Å²) in [4.78, 5) is 10.3. The second-order valence-electron chi connectivity index (χ2n) is 4.96. The van der Waals surface area contributed by atoms with E-state index < -0.39 is 0 Å². The number of hydrogen-bond donors (Lipinski definition) is 1. The van der Waals surface area contributed by atoms with Gasteiger partial charge in [-0.2, -0.15) is 0 Å². The monoisotopic (exact) mass is 254 g/mol. The molecule has 0 aromatic carbocycles. The van der Waals surface area contributed by atoms with Crippen LogP contribution in [-0.2, 0) is 0 Å². The van der Waals surface area contributed by atoms with E-state index >= 15 is 0 Å². The normalized spacial score (nSPS) is 17.8. The molecule has 1 aliphatic rings. The van der Waals surface area contributed by atoms with E-state index in [0.717, 1.165) is 30.7 Å². The first-order valence-electron chi connectivity index (χ1n) is 6.10. The summed E-state index contributed by atoms with van der Waals surface area (Å²) >= 11 is 6.13. The van der Waals surface area contributed by atoms with Gasteiger partial charge >= 0.3 is 0 Å². The van der Waals surface area contributed by atoms with Crippen LogP contribution in [0.25, 0.3) is 0 Å². The molecule has 94 valence electrons. The lowest BCUT2D eigenvalue weighted by molar-refractivity contribution is 0.310. The minimum atomic E-state index is 0.364. The van der Waals surface area contributed by atoms with Crippen LogP contribution in [0, 0.1) is 11.8 Å². The molecule has 2 N–H and O–H groups in total. The second kappa shape index (κ2) is 5.08. The van der Waals surface area contributed by atoms with Crippen molar-refractivity contribution < 1.29 is 0 Å². The van der Waals surface area contributed by atoms with E-state index in [0.29, 0.717) is 10.8 Å². The molecule has 0 bridgehead atoms. The number of rotatable bonds is 2. The highest BCUT2D eigenvalue weighted by molar-refractivity contribution is 6.35. The number of piperidine rings is 1. The van der Waals surface area contributed by atoms with Gasteiger partial charge in [-0.1, -0.05) is 25.4 Å². The summed E-state index contributed by atoms with van der Waals surface area (Å²) in [7, 11) is 0. The highest BCUT2D eigenvalue weighted by Gasteiger charge is 2.24. The Bertz CT molecular complexity index is 386. The van der Waals surface area contributed by atoms with E-state index in [1.54, 1.807) is 0 Å². The van der Waals surface area contributed by atoms with Gasteiger partial charge in [-0.05, 0) is 24.7 Å². The van der Waals surface area contributed by atoms with E-state index in [1.165, 1.54) is 19.2 Å². The standard InChI is InChI=1S/C12H19ClN4/c1-8(2)9-3-5-17(6-4-9)12-10(13)11(14)15-7-16-12/h7-9H,3-6H2,1-2H3,(H2,14,15,16). The fourth-order valence-electron chi connectivity index (χ4n) is 2.37. The predicted molar refractivity (Wildman–Crippen MR) is 71.2 cm³/mol. The average Bonchev–Trinajstić information content (AvgIpc) is 2.33. The minimum Gasteiger partial charge on any atom is -0.382 e. The van der Waals surface area contributed by atoms with Crippen LogP contribution >= 0.6 is 11.6 Å². The van der Waals surface area contributed by atoms with E-state index in [2.05, 4.69) is 28.7 Å². The van der Waals surface area contributed by atoms with Crippen molar-refractivity contribution in [3.63, 3.8) is 0 Å². The fraction of sp³-hybridized carbons (Fsp3) is 0.667. The molecule has 1 saturated heterocycles. The van der Waals surface area contributed by atoms with Gasteiger partial charge in [0.1, 0.15) is 17.2 Å². The van der Waals surface area contributed by atoms with Crippen LogP contribution in [-0.4, -0.2) is 23.1 Å². The van der Waals surface area contributed by atoms with Crippen LogP contribution in [0.15, 0.2) is 6.33 Å². The van der Waals surface area contributed by atoms with Gasteiger partial charge in [0.25, 0.3) is 0 Å². The average molecular weight is 255 g/mol. The lowest BCUT2D eigenvalue weighted by Crippen LogP contribution is -2.36. The number of nitrogens with two attached hydrogens (primary N) is 1. The summed E-state index contributed by atoms with van der Waals surface area (Å²) in [5, 5.41) is 0.482. The number of anilines is 2. The molecule has 0 aliphatic carbocycles. The zero-order valence-electron chi connectivity index (χ0n) is 10.4. The summed E-state index contributed by atoms with van der Waals surface area (Å²) in [6, 6.07) is 0. The van der Waals surface area contributed by atoms with E-state index in [4.69, 9.17) is 17.3 Å². The first-order chi connectivity index (χ1) is 8.09. The van der Waals surface area contributed by atoms with Gasteiger partial charge in [-0.15, -0.1) is 0 Å². The van der Waals surface area contributed by atoms with Gasteiger partial charge in [-0.25, -0.2) is 9.97 Å². The van der Waals surface area contributed by atoms with Crippen molar-refractivity contribution in [1.29, 1.82) is 0 Å². The Morgan fingerprint density at radius 3 is 2.59 bits per heavy atom. The topological polar surface area (TPSA) is 55.0 Å². The minimum absolute atomic E-state index is 0.364. The Morgan fingerprint density at radius 1 is 1.35 bits per heavy atom. The molecule has 5 heteroatoms. The molecule has 1 fully saturated rings. The van der Waals surface area contributed by atoms with Crippen LogP contribution in [0.3, 0.4) is 0 Å². The van der Waals surface area contributed by atoms with Crippen molar-refractivity contribution in [3.8, 4) is 0 Å². The number of aromatic nitrogens is 2. The molecule has 2 rings (SSSR count). The Kier molecular flexibility index (Phi) is 3.72. The zero-order chi connectivity index (χ0) is 12.4. The quantitative estimate of drug-likeness (QED) is 0.881. The number of hydrogen-bond acceptors (Lipinski definition) is 4. The molecule has 1 aromatic heterocycles. The highest BCUT2D eigenvalue weighted by Crippen LogP contribution is 2.31. The first-order valence-corrected chi connectivity index (χ1v) is 6.48. The van der Waals surface area contributed by atoms with Crippen LogP contribution in [0.4, 0.5) is 11.6 Å². The molecule has 0 spiro atoms. The van der Waals surface area contributed by atoms with Gasteiger partial charge in [0.05, 0.1) is 0 Å². The third kappa shape index (κ3) is 2.63. The number of nitrogen functional groups attached to an aromatic ring is 1. The molecule has 2 heterocycles. The van der Waals surface area contributed by atoms with Gasteiger partial charge < -0.3 is 10.6 Å². The summed E-state index contributed by atoms with van der Waals surface area (Å²) in [6.45, 7) is 6.57. The predicted octanol–water partition coefficient (Wildman–Crippen LogP) is 2.58. The van der Waals surface area contributed by atoms with Crippen molar-refractivity contribution in [2.45, 2.75) is 26.7 Å².